The number of carbonyl (C=O) groups is 1. The first-order chi connectivity index (χ1) is 15.0. The molecule has 1 aliphatic carbocycles. The van der Waals surface area contributed by atoms with Crippen LogP contribution in [0.1, 0.15) is 54.0 Å². The van der Waals surface area contributed by atoms with Gasteiger partial charge in [0.15, 0.2) is 0 Å². The molecule has 3 fully saturated rings. The zero-order valence-electron chi connectivity index (χ0n) is 20.4. The van der Waals surface area contributed by atoms with Crippen molar-refractivity contribution in [2.24, 2.45) is 11.8 Å². The Morgan fingerprint density at radius 3 is 2.31 bits per heavy atom. The van der Waals surface area contributed by atoms with Crippen molar-refractivity contribution in [1.82, 2.24) is 0 Å². The lowest BCUT2D eigenvalue weighted by Gasteiger charge is -2.56. The van der Waals surface area contributed by atoms with E-state index < -0.39 is 8.56 Å². The first kappa shape index (κ1) is 23.9. The maximum absolute atomic E-state index is 12.6. The van der Waals surface area contributed by atoms with Crippen LogP contribution in [-0.2, 0) is 34.5 Å². The molecule has 6 atom stereocenters. The lowest BCUT2D eigenvalue weighted by molar-refractivity contribution is -0.195. The Bertz CT molecular complexity index is 800. The van der Waals surface area contributed by atoms with Gasteiger partial charge in [0.2, 0.25) is 0 Å². The van der Waals surface area contributed by atoms with Crippen LogP contribution in [0.3, 0.4) is 0 Å². The van der Waals surface area contributed by atoms with E-state index in [1.807, 2.05) is 25.1 Å². The topological polar surface area (TPSA) is 63.2 Å². The normalized spacial score (nSPS) is 33.7. The molecule has 0 aromatic heterocycles. The van der Waals surface area contributed by atoms with Gasteiger partial charge >= 0.3 is 14.5 Å². The molecule has 4 rings (SSSR count). The van der Waals surface area contributed by atoms with Crippen LogP contribution in [0.4, 0.5) is 0 Å². The Hall–Kier alpha value is -1.25. The standard InChI is InChI=1S/C25H38O6Si/c1-8-27-23(26)19-18-21(19)30-17-15-29-32(24(2,3)4,25(5,6)7)31-20(17)22(18)28-14-16-12-10-9-11-13-16/h9-13,17-22H,8,14-15H2,1-7H3/t17-,18+,19-,20-,21+,22-/m1/s1. The minimum Gasteiger partial charge on any atom is -0.466 e. The van der Waals surface area contributed by atoms with Crippen molar-refractivity contribution in [3.63, 3.8) is 0 Å². The van der Waals surface area contributed by atoms with E-state index >= 15 is 0 Å². The van der Waals surface area contributed by atoms with E-state index in [2.05, 4.69) is 53.7 Å². The number of benzene rings is 1. The summed E-state index contributed by atoms with van der Waals surface area (Å²) in [7, 11) is -2.70. The summed E-state index contributed by atoms with van der Waals surface area (Å²) in [6.45, 7) is 16.4. The van der Waals surface area contributed by atoms with Crippen molar-refractivity contribution in [3.05, 3.63) is 35.9 Å². The van der Waals surface area contributed by atoms with E-state index in [0.717, 1.165) is 5.56 Å². The number of rotatable bonds is 5. The lowest BCUT2D eigenvalue weighted by Crippen LogP contribution is -2.68. The molecule has 0 amide bonds. The number of esters is 1. The van der Waals surface area contributed by atoms with Crippen LogP contribution < -0.4 is 0 Å². The van der Waals surface area contributed by atoms with Gasteiger partial charge in [0, 0.05) is 16.0 Å². The van der Waals surface area contributed by atoms with Crippen LogP contribution in [-0.4, -0.2) is 52.2 Å². The molecule has 2 heterocycles. The molecule has 6 nitrogen and oxygen atoms in total. The van der Waals surface area contributed by atoms with E-state index in [1.165, 1.54) is 0 Å². The second-order valence-corrected chi connectivity index (χ2v) is 16.0. The van der Waals surface area contributed by atoms with Crippen LogP contribution in [0, 0.1) is 11.8 Å². The number of ether oxygens (including phenoxy) is 3. The Morgan fingerprint density at radius 1 is 1.06 bits per heavy atom. The monoisotopic (exact) mass is 462 g/mol. The quantitative estimate of drug-likeness (QED) is 0.470. The van der Waals surface area contributed by atoms with Crippen LogP contribution in [0.25, 0.3) is 0 Å². The molecule has 32 heavy (non-hydrogen) atoms. The smallest absolute Gasteiger partial charge is 0.349 e. The van der Waals surface area contributed by atoms with E-state index in [1.54, 1.807) is 0 Å². The molecule has 178 valence electrons. The number of fused-ring (bicyclic) bond motifs is 2. The molecule has 2 saturated heterocycles. The maximum Gasteiger partial charge on any atom is 0.349 e. The van der Waals surface area contributed by atoms with Crippen LogP contribution >= 0.6 is 0 Å². The van der Waals surface area contributed by atoms with E-state index in [9.17, 15) is 4.79 Å². The SMILES string of the molecule is CCOC(=O)[C@H]1[C@H]2O[C@@H]3CO[Si](C(C)(C)C)(C(C)(C)C)O[C@H]3[C@H](OCc3ccccc3)[C@H]21. The van der Waals surface area contributed by atoms with Crippen molar-refractivity contribution >= 4 is 14.5 Å². The van der Waals surface area contributed by atoms with E-state index in [4.69, 9.17) is 23.1 Å². The van der Waals surface area contributed by atoms with Gasteiger partial charge in [0.05, 0.1) is 37.9 Å². The Morgan fingerprint density at radius 2 is 1.72 bits per heavy atom. The molecule has 2 aliphatic heterocycles. The van der Waals surface area contributed by atoms with Gasteiger partial charge in [-0.05, 0) is 12.5 Å². The van der Waals surface area contributed by atoms with Crippen LogP contribution in [0.15, 0.2) is 30.3 Å². The van der Waals surface area contributed by atoms with Crippen molar-refractivity contribution < 1.29 is 27.9 Å². The number of hydrogen-bond acceptors (Lipinski definition) is 6. The van der Waals surface area contributed by atoms with Gasteiger partial charge in [-0.15, -0.1) is 0 Å². The third-order valence-electron chi connectivity index (χ3n) is 6.98. The lowest BCUT2D eigenvalue weighted by atomic mass is 10.0. The van der Waals surface area contributed by atoms with Crippen molar-refractivity contribution in [2.45, 2.75) is 89.6 Å². The zero-order chi connectivity index (χ0) is 23.3. The van der Waals surface area contributed by atoms with Gasteiger partial charge in [-0.2, -0.15) is 0 Å². The van der Waals surface area contributed by atoms with Crippen molar-refractivity contribution in [1.29, 1.82) is 0 Å². The molecule has 1 saturated carbocycles. The molecule has 0 N–H and O–H groups in total. The Balaban J connectivity index is 1.63. The molecule has 3 aliphatic rings. The molecule has 0 radical (unpaired) electrons. The highest BCUT2D eigenvalue weighted by Crippen LogP contribution is 2.59. The summed E-state index contributed by atoms with van der Waals surface area (Å²) in [5.74, 6) is -0.556. The molecule has 1 aromatic carbocycles. The second kappa shape index (κ2) is 8.51. The minimum absolute atomic E-state index is 0.0521. The molecular weight excluding hydrogens is 424 g/mol. The van der Waals surface area contributed by atoms with Crippen LogP contribution in [0.5, 0.6) is 0 Å². The van der Waals surface area contributed by atoms with Gasteiger partial charge in [-0.25, -0.2) is 0 Å². The highest BCUT2D eigenvalue weighted by atomic mass is 28.4. The Labute approximate surface area is 193 Å². The molecule has 0 bridgehead atoms. The highest BCUT2D eigenvalue weighted by Gasteiger charge is 2.71. The molecule has 1 aromatic rings. The first-order valence-electron chi connectivity index (χ1n) is 11.8. The van der Waals surface area contributed by atoms with Gasteiger partial charge in [-0.3, -0.25) is 4.79 Å². The van der Waals surface area contributed by atoms with Gasteiger partial charge in [-0.1, -0.05) is 71.9 Å². The summed E-state index contributed by atoms with van der Waals surface area (Å²) in [5, 5.41) is -0.276. The highest BCUT2D eigenvalue weighted by molar-refractivity contribution is 6.73. The predicted molar refractivity (Wildman–Crippen MR) is 123 cm³/mol. The number of hydrogen-bond donors (Lipinski definition) is 0. The summed E-state index contributed by atoms with van der Waals surface area (Å²) in [6, 6.07) is 10.1. The summed E-state index contributed by atoms with van der Waals surface area (Å²) < 4.78 is 31.8. The van der Waals surface area contributed by atoms with Gasteiger partial charge < -0.3 is 23.1 Å². The van der Waals surface area contributed by atoms with Crippen molar-refractivity contribution in [3.8, 4) is 0 Å². The summed E-state index contributed by atoms with van der Waals surface area (Å²) >= 11 is 0. The summed E-state index contributed by atoms with van der Waals surface area (Å²) in [5.41, 5.74) is 1.10. The van der Waals surface area contributed by atoms with Gasteiger partial charge in [0.25, 0.3) is 0 Å². The van der Waals surface area contributed by atoms with Crippen molar-refractivity contribution in [2.75, 3.05) is 13.2 Å². The molecule has 0 spiro atoms. The fourth-order valence-electron chi connectivity index (χ4n) is 5.70. The molecule has 0 unspecified atom stereocenters. The maximum atomic E-state index is 12.6. The van der Waals surface area contributed by atoms with E-state index in [0.29, 0.717) is 19.8 Å². The van der Waals surface area contributed by atoms with E-state index in [-0.39, 0.29) is 52.3 Å². The summed E-state index contributed by atoms with van der Waals surface area (Å²) in [4.78, 5) is 12.6. The largest absolute Gasteiger partial charge is 0.466 e. The minimum atomic E-state index is -2.70. The molecular formula is C25H38O6Si. The summed E-state index contributed by atoms with van der Waals surface area (Å²) in [6.07, 6.45) is -0.949. The Kier molecular flexibility index (Phi) is 6.35. The average Bonchev–Trinajstić information content (AvgIpc) is 3.44. The fourth-order valence-corrected chi connectivity index (χ4v) is 10.7. The fraction of sp³-hybridized carbons (Fsp3) is 0.720. The zero-order valence-corrected chi connectivity index (χ0v) is 21.4. The predicted octanol–water partition coefficient (Wildman–Crippen LogP) is 4.61. The third kappa shape index (κ3) is 4.07. The molecule has 7 heteroatoms. The average molecular weight is 463 g/mol. The second-order valence-electron chi connectivity index (χ2n) is 11.3. The van der Waals surface area contributed by atoms with Crippen LogP contribution in [0.2, 0.25) is 10.1 Å². The number of carbonyl (C=O) groups excluding carboxylic acids is 1. The van der Waals surface area contributed by atoms with Gasteiger partial charge in [0.1, 0.15) is 12.2 Å². The third-order valence-corrected chi connectivity index (χ3v) is 12.1. The first-order valence-corrected chi connectivity index (χ1v) is 13.6.